The van der Waals surface area contributed by atoms with Gasteiger partial charge in [-0.15, -0.1) is 0 Å². The summed E-state index contributed by atoms with van der Waals surface area (Å²) in [4.78, 5) is 0. The van der Waals surface area contributed by atoms with Gasteiger partial charge in [-0.25, -0.2) is 0 Å². The summed E-state index contributed by atoms with van der Waals surface area (Å²) in [5.74, 6) is 1.75. The van der Waals surface area contributed by atoms with E-state index in [1.807, 2.05) is 19.1 Å². The Morgan fingerprint density at radius 2 is 2.29 bits per heavy atom. The number of benzene rings is 1. The van der Waals surface area contributed by atoms with E-state index < -0.39 is 0 Å². The van der Waals surface area contributed by atoms with Crippen LogP contribution < -0.4 is 20.9 Å². The fourth-order valence-electron chi connectivity index (χ4n) is 2.15. The molecule has 0 aliphatic carbocycles. The number of ether oxygens (including phenoxy) is 2. The lowest BCUT2D eigenvalue weighted by Gasteiger charge is -2.16. The largest absolute Gasteiger partial charge is 0.494 e. The topological polar surface area (TPSA) is 70.5 Å². The Kier molecular flexibility index (Phi) is 3.54. The van der Waals surface area contributed by atoms with Gasteiger partial charge in [-0.05, 0) is 26.0 Å². The van der Waals surface area contributed by atoms with Gasteiger partial charge >= 0.3 is 0 Å². The van der Waals surface area contributed by atoms with Gasteiger partial charge in [-0.3, -0.25) is 0 Å². The Morgan fingerprint density at radius 3 is 2.94 bits per heavy atom. The van der Waals surface area contributed by atoms with Gasteiger partial charge in [0, 0.05) is 30.1 Å². The van der Waals surface area contributed by atoms with Gasteiger partial charge in [0.25, 0.3) is 0 Å². The standard InChI is InChI=1S/C13H20N2O2/c1-3-16-13-5-9-4-8(2)17-12(9)6-10(13)11(15)7-14/h5-6,8,11H,3-4,7,14-15H2,1-2H3/t8?,11-/m1/s1. The van der Waals surface area contributed by atoms with Gasteiger partial charge in [-0.1, -0.05) is 0 Å². The molecular formula is C13H20N2O2. The van der Waals surface area contributed by atoms with Crippen molar-refractivity contribution in [3.05, 3.63) is 23.3 Å². The lowest BCUT2D eigenvalue weighted by molar-refractivity contribution is 0.254. The monoisotopic (exact) mass is 236 g/mol. The minimum absolute atomic E-state index is 0.207. The van der Waals surface area contributed by atoms with E-state index >= 15 is 0 Å². The summed E-state index contributed by atoms with van der Waals surface area (Å²) < 4.78 is 11.4. The van der Waals surface area contributed by atoms with Crippen molar-refractivity contribution in [1.82, 2.24) is 0 Å². The number of hydrogen-bond donors (Lipinski definition) is 2. The van der Waals surface area contributed by atoms with E-state index in [1.54, 1.807) is 0 Å². The maximum atomic E-state index is 5.99. The summed E-state index contributed by atoms with van der Waals surface area (Å²) in [7, 11) is 0. The summed E-state index contributed by atoms with van der Waals surface area (Å²) in [5, 5.41) is 0. The highest BCUT2D eigenvalue weighted by Gasteiger charge is 2.23. The molecule has 0 bridgehead atoms. The summed E-state index contributed by atoms with van der Waals surface area (Å²) in [6.07, 6.45) is 1.15. The third kappa shape index (κ3) is 2.37. The molecule has 1 aromatic rings. The van der Waals surface area contributed by atoms with E-state index in [2.05, 4.69) is 6.92 Å². The van der Waals surface area contributed by atoms with E-state index in [-0.39, 0.29) is 12.1 Å². The number of nitrogens with two attached hydrogens (primary N) is 2. The Bertz CT molecular complexity index is 407. The maximum absolute atomic E-state index is 5.99. The average molecular weight is 236 g/mol. The van der Waals surface area contributed by atoms with Crippen LogP contribution in [0.3, 0.4) is 0 Å². The molecule has 0 amide bonds. The van der Waals surface area contributed by atoms with Crippen LogP contribution in [0.15, 0.2) is 12.1 Å². The Balaban J connectivity index is 2.39. The van der Waals surface area contributed by atoms with E-state index in [4.69, 9.17) is 20.9 Å². The van der Waals surface area contributed by atoms with Crippen molar-refractivity contribution < 1.29 is 9.47 Å². The van der Waals surface area contributed by atoms with E-state index in [1.165, 1.54) is 5.56 Å². The number of fused-ring (bicyclic) bond motifs is 1. The van der Waals surface area contributed by atoms with Crippen molar-refractivity contribution in [2.45, 2.75) is 32.4 Å². The second-order valence-electron chi connectivity index (χ2n) is 4.41. The number of hydrogen-bond acceptors (Lipinski definition) is 4. The predicted molar refractivity (Wildman–Crippen MR) is 67.4 cm³/mol. The molecule has 1 aliphatic heterocycles. The highest BCUT2D eigenvalue weighted by molar-refractivity contribution is 5.50. The summed E-state index contributed by atoms with van der Waals surface area (Å²) >= 11 is 0. The lowest BCUT2D eigenvalue weighted by atomic mass is 10.0. The van der Waals surface area contributed by atoms with Gasteiger partial charge in [0.2, 0.25) is 0 Å². The van der Waals surface area contributed by atoms with Crippen LogP contribution in [0.4, 0.5) is 0 Å². The molecule has 2 atom stereocenters. The molecule has 17 heavy (non-hydrogen) atoms. The van der Waals surface area contributed by atoms with Crippen molar-refractivity contribution >= 4 is 0 Å². The molecule has 2 rings (SSSR count). The summed E-state index contributed by atoms with van der Waals surface area (Å²) in [6, 6.07) is 3.80. The molecule has 94 valence electrons. The van der Waals surface area contributed by atoms with Crippen molar-refractivity contribution in [2.75, 3.05) is 13.2 Å². The van der Waals surface area contributed by atoms with Gasteiger partial charge in [-0.2, -0.15) is 0 Å². The predicted octanol–water partition coefficient (Wildman–Crippen LogP) is 1.37. The molecule has 1 heterocycles. The van der Waals surface area contributed by atoms with Crippen LogP contribution in [0.2, 0.25) is 0 Å². The first-order chi connectivity index (χ1) is 8.15. The van der Waals surface area contributed by atoms with Crippen molar-refractivity contribution in [2.24, 2.45) is 11.5 Å². The molecule has 0 fully saturated rings. The normalized spacial score (nSPS) is 19.6. The van der Waals surface area contributed by atoms with Crippen molar-refractivity contribution in [3.8, 4) is 11.5 Å². The first kappa shape index (κ1) is 12.2. The van der Waals surface area contributed by atoms with E-state index in [0.717, 1.165) is 23.5 Å². The summed E-state index contributed by atoms with van der Waals surface area (Å²) in [5.41, 5.74) is 13.7. The quantitative estimate of drug-likeness (QED) is 0.828. The zero-order valence-corrected chi connectivity index (χ0v) is 10.4. The third-order valence-electron chi connectivity index (χ3n) is 2.98. The SMILES string of the molecule is CCOc1cc2c(cc1[C@H](N)CN)OC(C)C2. The Morgan fingerprint density at radius 1 is 1.53 bits per heavy atom. The summed E-state index contributed by atoms with van der Waals surface area (Å²) in [6.45, 7) is 5.04. The molecule has 0 saturated carbocycles. The maximum Gasteiger partial charge on any atom is 0.124 e. The van der Waals surface area contributed by atoms with E-state index in [9.17, 15) is 0 Å². The zero-order chi connectivity index (χ0) is 12.4. The second-order valence-corrected chi connectivity index (χ2v) is 4.41. The minimum atomic E-state index is -0.207. The molecule has 0 aromatic heterocycles. The van der Waals surface area contributed by atoms with Crippen LogP contribution in [0.5, 0.6) is 11.5 Å². The van der Waals surface area contributed by atoms with Crippen molar-refractivity contribution in [3.63, 3.8) is 0 Å². The second kappa shape index (κ2) is 4.94. The number of rotatable bonds is 4. The lowest BCUT2D eigenvalue weighted by Crippen LogP contribution is -2.21. The first-order valence-electron chi connectivity index (χ1n) is 6.07. The van der Waals surface area contributed by atoms with Crippen LogP contribution in [-0.2, 0) is 6.42 Å². The zero-order valence-electron chi connectivity index (χ0n) is 10.4. The average Bonchev–Trinajstić information content (AvgIpc) is 2.66. The fraction of sp³-hybridized carbons (Fsp3) is 0.538. The molecule has 1 unspecified atom stereocenters. The molecule has 0 saturated heterocycles. The van der Waals surface area contributed by atoms with Gasteiger partial charge in [0.1, 0.15) is 17.6 Å². The first-order valence-corrected chi connectivity index (χ1v) is 6.07. The molecule has 0 radical (unpaired) electrons. The Hall–Kier alpha value is -1.26. The van der Waals surface area contributed by atoms with Gasteiger partial charge in [0.15, 0.2) is 0 Å². The van der Waals surface area contributed by atoms with Crippen LogP contribution in [0.1, 0.15) is 31.0 Å². The smallest absolute Gasteiger partial charge is 0.124 e. The van der Waals surface area contributed by atoms with Crippen LogP contribution >= 0.6 is 0 Å². The highest BCUT2D eigenvalue weighted by Crippen LogP contribution is 2.36. The van der Waals surface area contributed by atoms with Crippen LogP contribution in [-0.4, -0.2) is 19.3 Å². The Labute approximate surface area is 102 Å². The minimum Gasteiger partial charge on any atom is -0.494 e. The highest BCUT2D eigenvalue weighted by atomic mass is 16.5. The fourth-order valence-corrected chi connectivity index (χ4v) is 2.15. The molecule has 1 aromatic carbocycles. The molecular weight excluding hydrogens is 216 g/mol. The third-order valence-corrected chi connectivity index (χ3v) is 2.98. The van der Waals surface area contributed by atoms with E-state index in [0.29, 0.717) is 13.2 Å². The van der Waals surface area contributed by atoms with Crippen molar-refractivity contribution in [1.29, 1.82) is 0 Å². The molecule has 4 heteroatoms. The van der Waals surface area contributed by atoms with Gasteiger partial charge < -0.3 is 20.9 Å². The van der Waals surface area contributed by atoms with Crippen LogP contribution in [0, 0.1) is 0 Å². The van der Waals surface area contributed by atoms with Gasteiger partial charge in [0.05, 0.1) is 6.61 Å². The van der Waals surface area contributed by atoms with Crippen LogP contribution in [0.25, 0.3) is 0 Å². The molecule has 0 spiro atoms. The molecule has 4 N–H and O–H groups in total. The molecule has 1 aliphatic rings. The molecule has 4 nitrogen and oxygen atoms in total.